The second-order valence-electron chi connectivity index (χ2n) is 8.30. The summed E-state index contributed by atoms with van der Waals surface area (Å²) in [5, 5.41) is 11.4. The van der Waals surface area contributed by atoms with Gasteiger partial charge in [0.15, 0.2) is 0 Å². The first-order valence-corrected chi connectivity index (χ1v) is 8.05. The molecule has 3 saturated carbocycles. The Balaban J connectivity index is 1.95. The van der Waals surface area contributed by atoms with Crippen LogP contribution in [0.5, 0.6) is 0 Å². The Morgan fingerprint density at radius 3 is 2.22 bits per heavy atom. The molecule has 1 nitrogen and oxygen atoms in total. The first-order chi connectivity index (χ1) is 8.32. The topological polar surface area (TPSA) is 20.2 Å². The first-order valence-electron chi connectivity index (χ1n) is 8.05. The van der Waals surface area contributed by atoms with Gasteiger partial charge >= 0.3 is 0 Å². The highest BCUT2D eigenvalue weighted by molar-refractivity contribution is 5.15. The van der Waals surface area contributed by atoms with Crippen molar-refractivity contribution in [2.45, 2.75) is 78.2 Å². The van der Waals surface area contributed by atoms with Crippen LogP contribution >= 0.6 is 0 Å². The third-order valence-electron chi connectivity index (χ3n) is 7.72. The summed E-state index contributed by atoms with van der Waals surface area (Å²) in [6.45, 7) is 9.69. The van der Waals surface area contributed by atoms with Crippen LogP contribution in [0.25, 0.3) is 0 Å². The molecule has 0 aliphatic heterocycles. The molecule has 5 atom stereocenters. The van der Waals surface area contributed by atoms with Gasteiger partial charge in [0.1, 0.15) is 0 Å². The molecule has 5 unspecified atom stereocenters. The maximum atomic E-state index is 11.4. The summed E-state index contributed by atoms with van der Waals surface area (Å²) in [7, 11) is 0. The molecule has 3 aliphatic rings. The van der Waals surface area contributed by atoms with Crippen molar-refractivity contribution in [3.63, 3.8) is 0 Å². The lowest BCUT2D eigenvalue weighted by molar-refractivity contribution is -0.133. The Hall–Kier alpha value is -0.0400. The van der Waals surface area contributed by atoms with Crippen molar-refractivity contribution >= 4 is 0 Å². The van der Waals surface area contributed by atoms with Crippen LogP contribution in [-0.4, -0.2) is 10.7 Å². The maximum Gasteiger partial charge on any atom is 0.0706 e. The molecule has 3 rings (SSSR count). The molecule has 0 amide bonds. The zero-order valence-electron chi connectivity index (χ0n) is 12.6. The van der Waals surface area contributed by atoms with Crippen molar-refractivity contribution in [3.8, 4) is 0 Å². The molecule has 1 heteroatoms. The number of rotatable bonds is 1. The van der Waals surface area contributed by atoms with Crippen molar-refractivity contribution < 1.29 is 5.11 Å². The minimum atomic E-state index is -0.362. The van der Waals surface area contributed by atoms with Gasteiger partial charge in [-0.2, -0.15) is 0 Å². The number of aliphatic hydroxyl groups is 1. The monoisotopic (exact) mass is 250 g/mol. The highest BCUT2D eigenvalue weighted by Crippen LogP contribution is 2.71. The van der Waals surface area contributed by atoms with E-state index in [9.17, 15) is 5.11 Å². The van der Waals surface area contributed by atoms with Gasteiger partial charge < -0.3 is 5.11 Å². The Morgan fingerprint density at radius 1 is 1.00 bits per heavy atom. The largest absolute Gasteiger partial charge is 0.389 e. The standard InChI is InChI=1S/C17H30O/c1-12-7-5-6-9-17(12,18)14-11-13-8-10-16(14,4)15(13,2)3/h12-14,18H,5-11H2,1-4H3. The fraction of sp³-hybridized carbons (Fsp3) is 1.00. The predicted octanol–water partition coefficient (Wildman–Crippen LogP) is 4.39. The number of fused-ring (bicyclic) bond motifs is 2. The van der Waals surface area contributed by atoms with E-state index >= 15 is 0 Å². The summed E-state index contributed by atoms with van der Waals surface area (Å²) < 4.78 is 0. The van der Waals surface area contributed by atoms with Crippen LogP contribution in [0.4, 0.5) is 0 Å². The van der Waals surface area contributed by atoms with Crippen LogP contribution in [0, 0.1) is 28.6 Å². The highest BCUT2D eigenvalue weighted by atomic mass is 16.3. The van der Waals surface area contributed by atoms with Crippen LogP contribution in [0.2, 0.25) is 0 Å². The molecule has 0 aromatic heterocycles. The van der Waals surface area contributed by atoms with Crippen LogP contribution in [0.1, 0.15) is 72.6 Å². The molecular weight excluding hydrogens is 220 g/mol. The van der Waals surface area contributed by atoms with Crippen molar-refractivity contribution in [1.82, 2.24) is 0 Å². The van der Waals surface area contributed by atoms with Crippen molar-refractivity contribution in [2.75, 3.05) is 0 Å². The van der Waals surface area contributed by atoms with Gasteiger partial charge in [-0.1, -0.05) is 40.5 Å². The number of hydrogen-bond donors (Lipinski definition) is 1. The third-order valence-corrected chi connectivity index (χ3v) is 7.72. The van der Waals surface area contributed by atoms with Crippen molar-refractivity contribution in [3.05, 3.63) is 0 Å². The molecule has 1 N–H and O–H groups in total. The lowest BCUT2D eigenvalue weighted by atomic mass is 9.57. The van der Waals surface area contributed by atoms with Gasteiger partial charge in [-0.3, -0.25) is 0 Å². The molecule has 2 bridgehead atoms. The van der Waals surface area contributed by atoms with Gasteiger partial charge in [0.25, 0.3) is 0 Å². The van der Waals surface area contributed by atoms with E-state index < -0.39 is 0 Å². The molecule has 0 heterocycles. The van der Waals surface area contributed by atoms with Gasteiger partial charge in [0, 0.05) is 0 Å². The van der Waals surface area contributed by atoms with Crippen molar-refractivity contribution in [2.24, 2.45) is 28.6 Å². The van der Waals surface area contributed by atoms with Crippen LogP contribution in [0.3, 0.4) is 0 Å². The molecule has 0 radical (unpaired) electrons. The Morgan fingerprint density at radius 2 is 1.72 bits per heavy atom. The quantitative estimate of drug-likeness (QED) is 0.732. The zero-order chi connectivity index (χ0) is 13.2. The molecule has 3 fully saturated rings. The minimum Gasteiger partial charge on any atom is -0.389 e. The van der Waals surface area contributed by atoms with Gasteiger partial charge in [-0.05, 0) is 60.7 Å². The Bertz CT molecular complexity index is 348. The number of hydrogen-bond acceptors (Lipinski definition) is 1. The normalized spacial score (nSPS) is 54.8. The second kappa shape index (κ2) is 3.75. The molecule has 0 aromatic rings. The molecule has 0 aromatic carbocycles. The predicted molar refractivity (Wildman–Crippen MR) is 75.3 cm³/mol. The lowest BCUT2D eigenvalue weighted by Crippen LogP contribution is -2.52. The van der Waals surface area contributed by atoms with Crippen LogP contribution < -0.4 is 0 Å². The molecule has 3 aliphatic carbocycles. The van der Waals surface area contributed by atoms with E-state index in [-0.39, 0.29) is 5.60 Å². The molecule has 18 heavy (non-hydrogen) atoms. The van der Waals surface area contributed by atoms with E-state index in [1.807, 2.05) is 0 Å². The summed E-state index contributed by atoms with van der Waals surface area (Å²) in [5.41, 5.74) is 0.446. The second-order valence-corrected chi connectivity index (χ2v) is 8.30. The third kappa shape index (κ3) is 1.38. The van der Waals surface area contributed by atoms with E-state index in [0.717, 1.165) is 12.3 Å². The maximum absolute atomic E-state index is 11.4. The van der Waals surface area contributed by atoms with E-state index in [4.69, 9.17) is 0 Å². The highest BCUT2D eigenvalue weighted by Gasteiger charge is 2.66. The van der Waals surface area contributed by atoms with E-state index in [1.54, 1.807) is 0 Å². The smallest absolute Gasteiger partial charge is 0.0706 e. The van der Waals surface area contributed by atoms with Gasteiger partial charge in [-0.15, -0.1) is 0 Å². The van der Waals surface area contributed by atoms with E-state index in [0.29, 0.717) is 22.7 Å². The van der Waals surface area contributed by atoms with Gasteiger partial charge in [0.05, 0.1) is 5.60 Å². The fourth-order valence-corrected chi connectivity index (χ4v) is 5.83. The van der Waals surface area contributed by atoms with Crippen LogP contribution in [-0.2, 0) is 0 Å². The zero-order valence-corrected chi connectivity index (χ0v) is 12.6. The molecular formula is C17H30O. The molecule has 0 saturated heterocycles. The van der Waals surface area contributed by atoms with E-state index in [2.05, 4.69) is 27.7 Å². The van der Waals surface area contributed by atoms with Gasteiger partial charge in [0.2, 0.25) is 0 Å². The SMILES string of the molecule is CC1CCCCC1(O)C1CC2CCC1(C)C2(C)C. The van der Waals surface area contributed by atoms with Gasteiger partial charge in [-0.25, -0.2) is 0 Å². The minimum absolute atomic E-state index is 0.362. The summed E-state index contributed by atoms with van der Waals surface area (Å²) >= 11 is 0. The van der Waals surface area contributed by atoms with E-state index in [1.165, 1.54) is 38.5 Å². The Kier molecular flexibility index (Phi) is 2.70. The summed E-state index contributed by atoms with van der Waals surface area (Å²) in [5.74, 6) is 1.91. The first kappa shape index (κ1) is 13.0. The average Bonchev–Trinajstić information content (AvgIpc) is 2.65. The Labute approximate surface area is 112 Å². The average molecular weight is 250 g/mol. The van der Waals surface area contributed by atoms with Crippen molar-refractivity contribution in [1.29, 1.82) is 0 Å². The molecule has 104 valence electrons. The fourth-order valence-electron chi connectivity index (χ4n) is 5.83. The molecule has 0 spiro atoms. The lowest BCUT2D eigenvalue weighted by Gasteiger charge is -2.51. The van der Waals surface area contributed by atoms with Crippen LogP contribution in [0.15, 0.2) is 0 Å². The summed E-state index contributed by atoms with van der Waals surface area (Å²) in [6, 6.07) is 0. The summed E-state index contributed by atoms with van der Waals surface area (Å²) in [6.07, 6.45) is 8.85. The summed E-state index contributed by atoms with van der Waals surface area (Å²) in [4.78, 5) is 0.